The Kier molecular flexibility index (Phi) is 6.22. The van der Waals surface area contributed by atoms with Gasteiger partial charge in [0.2, 0.25) is 5.91 Å². The Bertz CT molecular complexity index is 781. The number of halogens is 1. The zero-order chi connectivity index (χ0) is 19.2. The molecule has 2 aromatic rings. The third-order valence-electron chi connectivity index (χ3n) is 5.14. The van der Waals surface area contributed by atoms with Crippen LogP contribution in [0.4, 0.5) is 4.39 Å². The number of hydrogen-bond acceptors (Lipinski definition) is 2. The third-order valence-corrected chi connectivity index (χ3v) is 5.14. The van der Waals surface area contributed by atoms with Crippen molar-refractivity contribution in [1.82, 2.24) is 10.6 Å². The van der Waals surface area contributed by atoms with E-state index in [0.717, 1.165) is 36.8 Å². The maximum absolute atomic E-state index is 13.3. The maximum atomic E-state index is 13.3. The highest BCUT2D eigenvalue weighted by Gasteiger charge is 2.28. The Morgan fingerprint density at radius 3 is 2.26 bits per heavy atom. The maximum Gasteiger partial charge on any atom is 0.251 e. The second kappa shape index (κ2) is 8.80. The number of hydrogen-bond donors (Lipinski definition) is 2. The lowest BCUT2D eigenvalue weighted by Crippen LogP contribution is -2.32. The van der Waals surface area contributed by atoms with E-state index in [1.165, 1.54) is 19.1 Å². The average molecular weight is 368 g/mol. The van der Waals surface area contributed by atoms with E-state index in [4.69, 9.17) is 0 Å². The van der Waals surface area contributed by atoms with E-state index >= 15 is 0 Å². The predicted molar refractivity (Wildman–Crippen MR) is 103 cm³/mol. The van der Waals surface area contributed by atoms with E-state index in [2.05, 4.69) is 10.6 Å². The summed E-state index contributed by atoms with van der Waals surface area (Å²) in [5, 5.41) is 5.89. The highest BCUT2D eigenvalue weighted by Crippen LogP contribution is 2.36. The fourth-order valence-electron chi connectivity index (χ4n) is 3.66. The zero-order valence-corrected chi connectivity index (χ0v) is 15.5. The van der Waals surface area contributed by atoms with Crippen molar-refractivity contribution in [3.8, 4) is 0 Å². The first-order valence-electron chi connectivity index (χ1n) is 9.42. The molecule has 1 atom stereocenters. The molecular formula is C22H25FN2O2. The van der Waals surface area contributed by atoms with Crippen LogP contribution in [0.3, 0.4) is 0 Å². The molecule has 0 saturated heterocycles. The lowest BCUT2D eigenvalue weighted by Gasteiger charge is -2.25. The van der Waals surface area contributed by atoms with Gasteiger partial charge in [0.1, 0.15) is 5.82 Å². The van der Waals surface area contributed by atoms with Gasteiger partial charge in [-0.1, -0.05) is 37.1 Å². The van der Waals surface area contributed by atoms with Crippen LogP contribution in [0, 0.1) is 11.7 Å². The largest absolute Gasteiger partial charge is 0.352 e. The lowest BCUT2D eigenvalue weighted by atomic mass is 9.91. The molecule has 0 heterocycles. The molecule has 2 amide bonds. The van der Waals surface area contributed by atoms with Crippen LogP contribution in [0.25, 0.3) is 0 Å². The summed E-state index contributed by atoms with van der Waals surface area (Å²) < 4.78 is 13.3. The molecule has 1 aliphatic rings. The molecule has 1 aliphatic carbocycles. The minimum absolute atomic E-state index is 0.0875. The molecule has 5 heteroatoms. The first-order valence-corrected chi connectivity index (χ1v) is 9.42. The molecule has 1 unspecified atom stereocenters. The fourth-order valence-corrected chi connectivity index (χ4v) is 3.66. The monoisotopic (exact) mass is 368 g/mol. The van der Waals surface area contributed by atoms with Gasteiger partial charge in [-0.25, -0.2) is 4.39 Å². The molecule has 0 bridgehead atoms. The SMILES string of the molecule is CC(=O)NCc1ccc(C(=O)NC(c2ccc(F)cc2)C2CCCC2)cc1. The van der Waals surface area contributed by atoms with Crippen molar-refractivity contribution in [2.45, 2.75) is 45.2 Å². The van der Waals surface area contributed by atoms with Gasteiger partial charge in [-0.3, -0.25) is 9.59 Å². The first-order chi connectivity index (χ1) is 13.0. The Balaban J connectivity index is 1.72. The summed E-state index contributed by atoms with van der Waals surface area (Å²) in [5.41, 5.74) is 2.46. The summed E-state index contributed by atoms with van der Waals surface area (Å²) in [7, 11) is 0. The number of benzene rings is 2. The van der Waals surface area contributed by atoms with Gasteiger partial charge in [-0.05, 0) is 54.2 Å². The predicted octanol–water partition coefficient (Wildman–Crippen LogP) is 4.12. The summed E-state index contributed by atoms with van der Waals surface area (Å²) >= 11 is 0. The van der Waals surface area contributed by atoms with Crippen molar-refractivity contribution in [2.75, 3.05) is 0 Å². The van der Waals surface area contributed by atoms with Crippen molar-refractivity contribution in [3.05, 3.63) is 71.0 Å². The molecule has 1 fully saturated rings. The summed E-state index contributed by atoms with van der Waals surface area (Å²) in [6, 6.07) is 13.5. The van der Waals surface area contributed by atoms with Crippen LogP contribution < -0.4 is 10.6 Å². The molecule has 4 nitrogen and oxygen atoms in total. The van der Waals surface area contributed by atoms with Crippen molar-refractivity contribution < 1.29 is 14.0 Å². The Morgan fingerprint density at radius 1 is 1.04 bits per heavy atom. The van der Waals surface area contributed by atoms with Crippen molar-refractivity contribution in [2.24, 2.45) is 5.92 Å². The lowest BCUT2D eigenvalue weighted by molar-refractivity contribution is -0.119. The van der Waals surface area contributed by atoms with Crippen molar-refractivity contribution in [1.29, 1.82) is 0 Å². The quantitative estimate of drug-likeness (QED) is 0.806. The number of amides is 2. The van der Waals surface area contributed by atoms with Crippen LogP contribution in [-0.4, -0.2) is 11.8 Å². The van der Waals surface area contributed by atoms with E-state index in [1.807, 2.05) is 12.1 Å². The Labute approximate surface area is 159 Å². The Hall–Kier alpha value is -2.69. The fraction of sp³-hybridized carbons (Fsp3) is 0.364. The summed E-state index contributed by atoms with van der Waals surface area (Å²) in [6.45, 7) is 1.91. The van der Waals surface area contributed by atoms with Gasteiger partial charge in [0.05, 0.1) is 6.04 Å². The van der Waals surface area contributed by atoms with Crippen LogP contribution >= 0.6 is 0 Å². The summed E-state index contributed by atoms with van der Waals surface area (Å²) in [5.74, 6) is -0.124. The molecule has 27 heavy (non-hydrogen) atoms. The third kappa shape index (κ3) is 5.16. The molecule has 142 valence electrons. The van der Waals surface area contributed by atoms with Gasteiger partial charge in [-0.15, -0.1) is 0 Å². The Morgan fingerprint density at radius 2 is 1.67 bits per heavy atom. The topological polar surface area (TPSA) is 58.2 Å². The zero-order valence-electron chi connectivity index (χ0n) is 15.5. The van der Waals surface area contributed by atoms with Crippen molar-refractivity contribution >= 4 is 11.8 Å². The molecule has 0 radical (unpaired) electrons. The first kappa shape index (κ1) is 19.1. The number of nitrogens with one attached hydrogen (secondary N) is 2. The van der Waals surface area contributed by atoms with E-state index in [9.17, 15) is 14.0 Å². The standard InChI is InChI=1S/C22H25FN2O2/c1-15(26)24-14-16-6-8-19(9-7-16)22(27)25-21(17-4-2-3-5-17)18-10-12-20(23)13-11-18/h6-13,17,21H,2-5,14H2,1H3,(H,24,26)(H,25,27). The molecule has 1 saturated carbocycles. The van der Waals surface area contributed by atoms with Crippen LogP contribution in [0.5, 0.6) is 0 Å². The second-order valence-corrected chi connectivity index (χ2v) is 7.15. The minimum Gasteiger partial charge on any atom is -0.352 e. The van der Waals surface area contributed by atoms with E-state index < -0.39 is 0 Å². The minimum atomic E-state index is -0.273. The van der Waals surface area contributed by atoms with E-state index in [-0.39, 0.29) is 23.7 Å². The van der Waals surface area contributed by atoms with Crippen LogP contribution in [0.15, 0.2) is 48.5 Å². The van der Waals surface area contributed by atoms with Crippen LogP contribution in [-0.2, 0) is 11.3 Å². The normalized spacial score (nSPS) is 15.3. The van der Waals surface area contributed by atoms with Crippen LogP contribution in [0.2, 0.25) is 0 Å². The second-order valence-electron chi connectivity index (χ2n) is 7.15. The number of rotatable bonds is 6. The smallest absolute Gasteiger partial charge is 0.251 e. The highest BCUT2D eigenvalue weighted by atomic mass is 19.1. The highest BCUT2D eigenvalue weighted by molar-refractivity contribution is 5.94. The van der Waals surface area contributed by atoms with Gasteiger partial charge in [0.15, 0.2) is 0 Å². The number of carbonyl (C=O) groups excluding carboxylic acids is 2. The number of carbonyl (C=O) groups is 2. The van der Waals surface area contributed by atoms with Crippen LogP contribution in [0.1, 0.15) is 60.1 Å². The molecular weight excluding hydrogens is 343 g/mol. The van der Waals surface area contributed by atoms with E-state index in [1.54, 1.807) is 24.3 Å². The molecule has 2 aromatic carbocycles. The van der Waals surface area contributed by atoms with Gasteiger partial charge in [-0.2, -0.15) is 0 Å². The van der Waals surface area contributed by atoms with Gasteiger partial charge in [0, 0.05) is 19.0 Å². The van der Waals surface area contributed by atoms with E-state index in [0.29, 0.717) is 18.0 Å². The molecule has 0 aromatic heterocycles. The average Bonchev–Trinajstić information content (AvgIpc) is 3.20. The molecule has 2 N–H and O–H groups in total. The van der Waals surface area contributed by atoms with Crippen molar-refractivity contribution in [3.63, 3.8) is 0 Å². The van der Waals surface area contributed by atoms with Gasteiger partial charge in [0.25, 0.3) is 5.91 Å². The molecule has 0 aliphatic heterocycles. The molecule has 3 rings (SSSR count). The summed E-state index contributed by atoms with van der Waals surface area (Å²) in [4.78, 5) is 23.8. The molecule has 0 spiro atoms. The van der Waals surface area contributed by atoms with Gasteiger partial charge >= 0.3 is 0 Å². The van der Waals surface area contributed by atoms with Gasteiger partial charge < -0.3 is 10.6 Å². The summed E-state index contributed by atoms with van der Waals surface area (Å²) in [6.07, 6.45) is 4.46.